The summed E-state index contributed by atoms with van der Waals surface area (Å²) in [6.07, 6.45) is 3.64. The SMILES string of the molecule is C=CC(=O)Nc1cc(CC)cc(-n2c(=O)cc(C)c3cnc(Nc4ccc(N5CCN(C)CC5)cc4OC)nc32)c1. The molecule has 4 aromatic rings. The van der Waals surface area contributed by atoms with Crippen LogP contribution in [0.1, 0.15) is 18.1 Å². The van der Waals surface area contributed by atoms with Gasteiger partial charge in [0.05, 0.1) is 18.5 Å². The maximum absolute atomic E-state index is 13.4. The number of nitrogens with zero attached hydrogens (tertiary/aromatic N) is 5. The molecule has 2 N–H and O–H groups in total. The highest BCUT2D eigenvalue weighted by Crippen LogP contribution is 2.32. The van der Waals surface area contributed by atoms with Crippen LogP contribution in [-0.2, 0) is 11.2 Å². The first-order chi connectivity index (χ1) is 19.8. The zero-order chi connectivity index (χ0) is 29.1. The molecule has 0 atom stereocenters. The van der Waals surface area contributed by atoms with E-state index in [2.05, 4.69) is 45.1 Å². The Morgan fingerprint density at radius 1 is 1.10 bits per heavy atom. The van der Waals surface area contributed by atoms with E-state index >= 15 is 0 Å². The second-order valence-corrected chi connectivity index (χ2v) is 10.2. The molecule has 1 saturated heterocycles. The lowest BCUT2D eigenvalue weighted by Gasteiger charge is -2.34. The van der Waals surface area contributed by atoms with E-state index in [1.54, 1.807) is 30.0 Å². The van der Waals surface area contributed by atoms with Gasteiger partial charge in [-0.2, -0.15) is 4.98 Å². The summed E-state index contributed by atoms with van der Waals surface area (Å²) < 4.78 is 7.26. The van der Waals surface area contributed by atoms with E-state index in [4.69, 9.17) is 9.72 Å². The van der Waals surface area contributed by atoms with Gasteiger partial charge >= 0.3 is 0 Å². The van der Waals surface area contributed by atoms with Crippen molar-refractivity contribution in [2.75, 3.05) is 55.9 Å². The first kappa shape index (κ1) is 27.9. The van der Waals surface area contributed by atoms with E-state index in [-0.39, 0.29) is 11.5 Å². The first-order valence-electron chi connectivity index (χ1n) is 13.6. The van der Waals surface area contributed by atoms with Crippen LogP contribution in [0.5, 0.6) is 5.75 Å². The van der Waals surface area contributed by atoms with Crippen molar-refractivity contribution in [3.8, 4) is 11.4 Å². The molecule has 212 valence electrons. The molecular formula is C31H35N7O3. The quantitative estimate of drug-likeness (QED) is 0.312. The number of aryl methyl sites for hydroxylation is 2. The number of ether oxygens (including phenoxy) is 1. The molecule has 3 heterocycles. The van der Waals surface area contributed by atoms with Crippen molar-refractivity contribution < 1.29 is 9.53 Å². The number of carbonyl (C=O) groups excluding carboxylic acids is 1. The summed E-state index contributed by atoms with van der Waals surface area (Å²) in [5, 5.41) is 6.83. The molecule has 5 rings (SSSR count). The molecule has 1 aliphatic rings. The molecule has 0 spiro atoms. The minimum atomic E-state index is -0.327. The van der Waals surface area contributed by atoms with Crippen LogP contribution < -0.4 is 25.8 Å². The number of aromatic nitrogens is 3. The minimum Gasteiger partial charge on any atom is -0.494 e. The number of benzene rings is 2. The molecule has 0 unspecified atom stereocenters. The highest BCUT2D eigenvalue weighted by molar-refractivity contribution is 5.99. The predicted molar refractivity (Wildman–Crippen MR) is 164 cm³/mol. The second kappa shape index (κ2) is 11.8. The summed E-state index contributed by atoms with van der Waals surface area (Å²) >= 11 is 0. The van der Waals surface area contributed by atoms with Crippen LogP contribution in [0.2, 0.25) is 0 Å². The molecule has 1 fully saturated rings. The Kier molecular flexibility index (Phi) is 8.02. The number of hydrogen-bond donors (Lipinski definition) is 2. The number of pyridine rings is 1. The number of nitrogens with one attached hydrogen (secondary N) is 2. The maximum atomic E-state index is 13.4. The van der Waals surface area contributed by atoms with Crippen molar-refractivity contribution in [2.24, 2.45) is 0 Å². The fourth-order valence-corrected chi connectivity index (χ4v) is 5.00. The van der Waals surface area contributed by atoms with Crippen molar-refractivity contribution in [3.05, 3.63) is 82.8 Å². The zero-order valence-electron chi connectivity index (χ0n) is 23.9. The number of fused-ring (bicyclic) bond motifs is 1. The summed E-state index contributed by atoms with van der Waals surface area (Å²) in [6.45, 7) is 11.3. The number of anilines is 4. The Hall–Kier alpha value is -4.70. The van der Waals surface area contributed by atoms with Gasteiger partial charge in [-0.05, 0) is 67.9 Å². The topological polar surface area (TPSA) is 105 Å². The number of hydrogen-bond acceptors (Lipinski definition) is 8. The van der Waals surface area contributed by atoms with E-state index in [9.17, 15) is 9.59 Å². The Morgan fingerprint density at radius 3 is 2.59 bits per heavy atom. The molecule has 10 nitrogen and oxygen atoms in total. The van der Waals surface area contributed by atoms with Gasteiger partial charge in [0.25, 0.3) is 5.56 Å². The van der Waals surface area contributed by atoms with Gasteiger partial charge in [0.2, 0.25) is 11.9 Å². The number of carbonyl (C=O) groups is 1. The third-order valence-corrected chi connectivity index (χ3v) is 7.36. The third kappa shape index (κ3) is 5.92. The maximum Gasteiger partial charge on any atom is 0.257 e. The zero-order valence-corrected chi connectivity index (χ0v) is 23.9. The van der Waals surface area contributed by atoms with E-state index in [0.29, 0.717) is 34.4 Å². The molecule has 0 radical (unpaired) electrons. The van der Waals surface area contributed by atoms with E-state index in [0.717, 1.165) is 54.8 Å². The average Bonchev–Trinajstić information content (AvgIpc) is 2.97. The Balaban J connectivity index is 1.55. The predicted octanol–water partition coefficient (Wildman–Crippen LogP) is 4.28. The largest absolute Gasteiger partial charge is 0.494 e. The Morgan fingerprint density at radius 2 is 1.88 bits per heavy atom. The summed E-state index contributed by atoms with van der Waals surface area (Å²) in [6, 6.07) is 13.2. The van der Waals surface area contributed by atoms with Gasteiger partial charge in [0, 0.05) is 61.3 Å². The van der Waals surface area contributed by atoms with Gasteiger partial charge < -0.3 is 25.2 Å². The van der Waals surface area contributed by atoms with Crippen LogP contribution in [-0.4, -0.2) is 65.7 Å². The number of rotatable bonds is 8. The van der Waals surface area contributed by atoms with Gasteiger partial charge in [-0.3, -0.25) is 14.2 Å². The molecule has 10 heteroatoms. The molecule has 0 aliphatic carbocycles. The van der Waals surface area contributed by atoms with Crippen molar-refractivity contribution in [1.82, 2.24) is 19.4 Å². The van der Waals surface area contributed by atoms with Crippen LogP contribution in [0.25, 0.3) is 16.7 Å². The Bertz CT molecular complexity index is 1670. The molecule has 1 aliphatic heterocycles. The van der Waals surface area contributed by atoms with Gasteiger partial charge in [-0.25, -0.2) is 4.98 Å². The lowest BCUT2D eigenvalue weighted by Crippen LogP contribution is -2.44. The van der Waals surface area contributed by atoms with Crippen molar-refractivity contribution in [2.45, 2.75) is 20.3 Å². The Labute approximate surface area is 239 Å². The lowest BCUT2D eigenvalue weighted by atomic mass is 10.1. The van der Waals surface area contributed by atoms with Gasteiger partial charge in [0.15, 0.2) is 5.65 Å². The fraction of sp³-hybridized carbons (Fsp3) is 0.290. The first-order valence-corrected chi connectivity index (χ1v) is 13.6. The van der Waals surface area contributed by atoms with Crippen LogP contribution in [0.3, 0.4) is 0 Å². The minimum absolute atomic E-state index is 0.233. The smallest absolute Gasteiger partial charge is 0.257 e. The summed E-state index contributed by atoms with van der Waals surface area (Å²) in [4.78, 5) is 39.4. The molecule has 2 aromatic heterocycles. The van der Waals surface area contributed by atoms with Gasteiger partial charge in [-0.1, -0.05) is 13.5 Å². The molecule has 41 heavy (non-hydrogen) atoms. The van der Waals surface area contributed by atoms with Crippen molar-refractivity contribution in [1.29, 1.82) is 0 Å². The van der Waals surface area contributed by atoms with Gasteiger partial charge in [-0.15, -0.1) is 0 Å². The van der Waals surface area contributed by atoms with Crippen LogP contribution in [0.15, 0.2) is 66.1 Å². The summed E-state index contributed by atoms with van der Waals surface area (Å²) in [5.41, 5.74) is 4.93. The standard InChI is InChI=1S/C31H35N7O3/c1-6-21-15-22(33-28(39)7-2)17-24(16-21)38-29(40)14-20(3)25-19-32-31(35-30(25)38)34-26-9-8-23(18-27(26)41-5)37-12-10-36(4)11-13-37/h7-9,14-19H,2,6,10-13H2,1,3-5H3,(H,33,39)(H,32,34,35). The van der Waals surface area contributed by atoms with Crippen LogP contribution >= 0.6 is 0 Å². The molecule has 1 amide bonds. The van der Waals surface area contributed by atoms with E-state index in [1.807, 2.05) is 38.1 Å². The van der Waals surface area contributed by atoms with Crippen molar-refractivity contribution >= 4 is 40.0 Å². The van der Waals surface area contributed by atoms with Crippen LogP contribution in [0, 0.1) is 6.92 Å². The summed E-state index contributed by atoms with van der Waals surface area (Å²) in [7, 11) is 3.77. The van der Waals surface area contributed by atoms with E-state index < -0.39 is 0 Å². The number of piperazine rings is 1. The monoisotopic (exact) mass is 553 g/mol. The van der Waals surface area contributed by atoms with Crippen LogP contribution in [0.4, 0.5) is 23.0 Å². The second-order valence-electron chi connectivity index (χ2n) is 10.2. The molecule has 0 bridgehead atoms. The fourth-order valence-electron chi connectivity index (χ4n) is 5.00. The third-order valence-electron chi connectivity index (χ3n) is 7.36. The van der Waals surface area contributed by atoms with Crippen molar-refractivity contribution in [3.63, 3.8) is 0 Å². The highest BCUT2D eigenvalue weighted by atomic mass is 16.5. The molecule has 2 aromatic carbocycles. The highest BCUT2D eigenvalue weighted by Gasteiger charge is 2.18. The number of amides is 1. The van der Waals surface area contributed by atoms with E-state index in [1.165, 1.54) is 6.08 Å². The number of likely N-dealkylation sites (N-methyl/N-ethyl adjacent to an activating group) is 1. The molecule has 0 saturated carbocycles. The van der Waals surface area contributed by atoms with Gasteiger partial charge in [0.1, 0.15) is 5.75 Å². The number of methoxy groups -OCH3 is 1. The molecular weight excluding hydrogens is 518 g/mol. The average molecular weight is 554 g/mol. The lowest BCUT2D eigenvalue weighted by molar-refractivity contribution is -0.111. The normalized spacial score (nSPS) is 13.7. The summed E-state index contributed by atoms with van der Waals surface area (Å²) in [5.74, 6) is 0.672.